The van der Waals surface area contributed by atoms with Gasteiger partial charge in [0.05, 0.1) is 26.4 Å². The van der Waals surface area contributed by atoms with E-state index in [1.165, 1.54) is 0 Å². The number of carbonyl (C=O) groups is 1. The number of nitrogens with one attached hydrogen (secondary N) is 1. The second-order valence-corrected chi connectivity index (χ2v) is 7.24. The summed E-state index contributed by atoms with van der Waals surface area (Å²) in [5, 5.41) is 4.65. The van der Waals surface area contributed by atoms with E-state index in [1.807, 2.05) is 37.3 Å². The summed E-state index contributed by atoms with van der Waals surface area (Å²) in [6.07, 6.45) is 1.78. The van der Waals surface area contributed by atoms with E-state index in [0.717, 1.165) is 21.8 Å². The highest BCUT2D eigenvalue weighted by Crippen LogP contribution is 2.28. The fourth-order valence-corrected chi connectivity index (χ4v) is 3.40. The number of hydrogen-bond acceptors (Lipinski definition) is 5. The van der Waals surface area contributed by atoms with E-state index in [2.05, 4.69) is 17.5 Å². The Labute approximate surface area is 169 Å². The molecule has 0 saturated heterocycles. The smallest absolute Gasteiger partial charge is 0.244 e. The van der Waals surface area contributed by atoms with Gasteiger partial charge in [-0.25, -0.2) is 5.43 Å². The summed E-state index contributed by atoms with van der Waals surface area (Å²) in [7, 11) is 1.59. The van der Waals surface area contributed by atoms with E-state index >= 15 is 0 Å². The van der Waals surface area contributed by atoms with Crippen molar-refractivity contribution in [2.24, 2.45) is 5.10 Å². The van der Waals surface area contributed by atoms with Crippen LogP contribution in [-0.2, 0) is 11.2 Å². The molecule has 2 aromatic rings. The Balaban J connectivity index is 2.01. The third-order valence-electron chi connectivity index (χ3n) is 3.56. The number of halogens is 1. The molecule has 0 atom stereocenters. The lowest BCUT2D eigenvalue weighted by molar-refractivity contribution is -0.120. The predicted octanol–water partition coefficient (Wildman–Crippen LogP) is 4.55. The van der Waals surface area contributed by atoms with Gasteiger partial charge in [0.1, 0.15) is 0 Å². The van der Waals surface area contributed by atoms with Gasteiger partial charge in [0.25, 0.3) is 0 Å². The molecule has 0 fully saturated rings. The van der Waals surface area contributed by atoms with Crippen LogP contribution in [0.25, 0.3) is 0 Å². The van der Waals surface area contributed by atoms with E-state index in [4.69, 9.17) is 21.1 Å². The molecule has 0 aliphatic rings. The van der Waals surface area contributed by atoms with Crippen molar-refractivity contribution < 1.29 is 14.3 Å². The van der Waals surface area contributed by atoms with Gasteiger partial charge in [0, 0.05) is 9.92 Å². The monoisotopic (exact) mass is 406 g/mol. The summed E-state index contributed by atoms with van der Waals surface area (Å²) in [4.78, 5) is 13.3. The highest BCUT2D eigenvalue weighted by molar-refractivity contribution is 7.99. The molecule has 0 spiro atoms. The molecule has 0 aliphatic heterocycles. The molecule has 0 aromatic heterocycles. The predicted molar refractivity (Wildman–Crippen MR) is 111 cm³/mol. The SMILES string of the molecule is CCOc1cc(/C=N\NC(=O)Cc2cc(Cl)ccc2SCC)ccc1OC. The van der Waals surface area contributed by atoms with Crippen LogP contribution >= 0.6 is 23.4 Å². The van der Waals surface area contributed by atoms with Gasteiger partial charge in [-0.1, -0.05) is 18.5 Å². The Kier molecular flexibility index (Phi) is 8.48. The normalized spacial score (nSPS) is 10.8. The van der Waals surface area contributed by atoms with E-state index in [0.29, 0.717) is 23.1 Å². The van der Waals surface area contributed by atoms with Crippen LogP contribution in [0, 0.1) is 0 Å². The summed E-state index contributed by atoms with van der Waals surface area (Å²) in [6, 6.07) is 11.0. The zero-order valence-corrected chi connectivity index (χ0v) is 17.2. The van der Waals surface area contributed by atoms with Crippen LogP contribution in [0.1, 0.15) is 25.0 Å². The maximum absolute atomic E-state index is 12.2. The first kappa shape index (κ1) is 21.1. The number of rotatable bonds is 9. The Hall–Kier alpha value is -2.18. The van der Waals surface area contributed by atoms with Gasteiger partial charge in [-0.3, -0.25) is 4.79 Å². The number of methoxy groups -OCH3 is 1. The molecule has 144 valence electrons. The van der Waals surface area contributed by atoms with Crippen LogP contribution in [0.3, 0.4) is 0 Å². The molecule has 2 aromatic carbocycles. The first-order valence-corrected chi connectivity index (χ1v) is 9.97. The largest absolute Gasteiger partial charge is 0.493 e. The van der Waals surface area contributed by atoms with Gasteiger partial charge < -0.3 is 9.47 Å². The Morgan fingerprint density at radius 2 is 2.04 bits per heavy atom. The molecule has 0 heterocycles. The van der Waals surface area contributed by atoms with Crippen LogP contribution in [-0.4, -0.2) is 31.6 Å². The molecular weight excluding hydrogens is 384 g/mol. The van der Waals surface area contributed by atoms with Crippen molar-refractivity contribution in [3.63, 3.8) is 0 Å². The van der Waals surface area contributed by atoms with Crippen molar-refractivity contribution in [1.29, 1.82) is 0 Å². The fraction of sp³-hybridized carbons (Fsp3) is 0.300. The second-order valence-electron chi connectivity index (χ2n) is 5.50. The van der Waals surface area contributed by atoms with E-state index in [9.17, 15) is 4.79 Å². The molecule has 0 bridgehead atoms. The summed E-state index contributed by atoms with van der Waals surface area (Å²) in [5.41, 5.74) is 4.24. The van der Waals surface area contributed by atoms with Crippen molar-refractivity contribution >= 4 is 35.5 Å². The first-order chi connectivity index (χ1) is 13.1. The average Bonchev–Trinajstić information content (AvgIpc) is 2.64. The molecule has 7 heteroatoms. The zero-order valence-electron chi connectivity index (χ0n) is 15.6. The van der Waals surface area contributed by atoms with E-state index < -0.39 is 0 Å². The lowest BCUT2D eigenvalue weighted by atomic mass is 10.1. The number of amides is 1. The molecule has 5 nitrogen and oxygen atoms in total. The molecule has 27 heavy (non-hydrogen) atoms. The maximum atomic E-state index is 12.2. The summed E-state index contributed by atoms with van der Waals surface area (Å²) < 4.78 is 10.8. The average molecular weight is 407 g/mol. The van der Waals surface area contributed by atoms with Gasteiger partial charge in [0.15, 0.2) is 11.5 Å². The quantitative estimate of drug-likeness (QED) is 0.377. The third kappa shape index (κ3) is 6.48. The topological polar surface area (TPSA) is 59.9 Å². The number of ether oxygens (including phenoxy) is 2. The molecule has 2 rings (SSSR count). The van der Waals surface area contributed by atoms with Crippen LogP contribution in [0.4, 0.5) is 0 Å². The zero-order chi connectivity index (χ0) is 19.6. The van der Waals surface area contributed by atoms with Crippen LogP contribution in [0.2, 0.25) is 5.02 Å². The van der Waals surface area contributed by atoms with Crippen molar-refractivity contribution in [2.75, 3.05) is 19.5 Å². The number of benzene rings is 2. The molecule has 0 unspecified atom stereocenters. The molecule has 1 N–H and O–H groups in total. The number of carbonyl (C=O) groups excluding carboxylic acids is 1. The Morgan fingerprint density at radius 1 is 1.22 bits per heavy atom. The third-order valence-corrected chi connectivity index (χ3v) is 4.80. The van der Waals surface area contributed by atoms with Gasteiger partial charge in [0.2, 0.25) is 5.91 Å². The minimum Gasteiger partial charge on any atom is -0.493 e. The molecule has 1 amide bonds. The van der Waals surface area contributed by atoms with Gasteiger partial charge >= 0.3 is 0 Å². The first-order valence-electron chi connectivity index (χ1n) is 8.61. The summed E-state index contributed by atoms with van der Waals surface area (Å²) in [5.74, 6) is 2.01. The van der Waals surface area contributed by atoms with Crippen molar-refractivity contribution in [3.05, 3.63) is 52.5 Å². The number of hydrazone groups is 1. The fourth-order valence-electron chi connectivity index (χ4n) is 2.42. The number of hydrogen-bond donors (Lipinski definition) is 1. The summed E-state index contributed by atoms with van der Waals surface area (Å²) >= 11 is 7.74. The minimum absolute atomic E-state index is 0.204. The van der Waals surface area contributed by atoms with Crippen LogP contribution < -0.4 is 14.9 Å². The molecular formula is C20H23ClN2O3S. The lowest BCUT2D eigenvalue weighted by Crippen LogP contribution is -2.20. The second kappa shape index (κ2) is 10.8. The standard InChI is InChI=1S/C20H23ClN2O3S/c1-4-26-18-10-14(6-8-17(18)25-3)13-22-23-20(24)12-15-11-16(21)7-9-19(15)27-5-2/h6-11,13H,4-5,12H2,1-3H3,(H,23,24)/b22-13-. The highest BCUT2D eigenvalue weighted by Gasteiger charge is 2.09. The van der Waals surface area contributed by atoms with Crippen molar-refractivity contribution in [3.8, 4) is 11.5 Å². The Bertz CT molecular complexity index is 812. The van der Waals surface area contributed by atoms with E-state index in [-0.39, 0.29) is 12.3 Å². The van der Waals surface area contributed by atoms with E-state index in [1.54, 1.807) is 31.2 Å². The van der Waals surface area contributed by atoms with Crippen molar-refractivity contribution in [1.82, 2.24) is 5.43 Å². The highest BCUT2D eigenvalue weighted by atomic mass is 35.5. The van der Waals surface area contributed by atoms with Gasteiger partial charge in [-0.15, -0.1) is 11.8 Å². The lowest BCUT2D eigenvalue weighted by Gasteiger charge is -2.09. The number of thioether (sulfide) groups is 1. The van der Waals surface area contributed by atoms with Crippen LogP contribution in [0.15, 0.2) is 46.4 Å². The van der Waals surface area contributed by atoms with Gasteiger partial charge in [-0.2, -0.15) is 5.10 Å². The minimum atomic E-state index is -0.204. The number of nitrogens with zero attached hydrogens (tertiary/aromatic N) is 1. The van der Waals surface area contributed by atoms with Gasteiger partial charge in [-0.05, 0) is 60.2 Å². The molecule has 0 radical (unpaired) electrons. The maximum Gasteiger partial charge on any atom is 0.244 e. The molecule has 0 aliphatic carbocycles. The summed E-state index contributed by atoms with van der Waals surface area (Å²) in [6.45, 7) is 4.51. The molecule has 0 saturated carbocycles. The van der Waals surface area contributed by atoms with Crippen LogP contribution in [0.5, 0.6) is 11.5 Å². The Morgan fingerprint density at radius 3 is 2.74 bits per heavy atom. The van der Waals surface area contributed by atoms with Crippen molar-refractivity contribution in [2.45, 2.75) is 25.2 Å².